The number of aromatic nitrogens is 2. The first-order valence-electron chi connectivity index (χ1n) is 12.5. The van der Waals surface area contributed by atoms with E-state index in [9.17, 15) is 20.1 Å². The molecule has 0 saturated carbocycles. The van der Waals surface area contributed by atoms with E-state index in [1.807, 2.05) is 12.1 Å². The number of ether oxygens (including phenoxy) is 1. The number of aliphatic hydroxyl groups is 3. The van der Waals surface area contributed by atoms with Gasteiger partial charge in [0, 0.05) is 24.1 Å². The molecule has 1 fully saturated rings. The summed E-state index contributed by atoms with van der Waals surface area (Å²) in [6, 6.07) is 7.34. The van der Waals surface area contributed by atoms with Crippen LogP contribution in [0.15, 0.2) is 42.6 Å². The molecule has 5 rings (SSSR count). The van der Waals surface area contributed by atoms with Gasteiger partial charge in [0.1, 0.15) is 23.0 Å². The summed E-state index contributed by atoms with van der Waals surface area (Å²) in [6.45, 7) is 3.81. The molecule has 9 heteroatoms. The van der Waals surface area contributed by atoms with Crippen LogP contribution in [0.4, 0.5) is 5.69 Å². The fourth-order valence-electron chi connectivity index (χ4n) is 5.71. The molecule has 2 aliphatic heterocycles. The van der Waals surface area contributed by atoms with E-state index in [0.29, 0.717) is 11.3 Å². The minimum atomic E-state index is -1.37. The molecule has 1 aromatic heterocycles. The number of nitrogens with one attached hydrogen (secondary N) is 2. The van der Waals surface area contributed by atoms with E-state index in [2.05, 4.69) is 35.2 Å². The molecule has 2 atom stereocenters. The minimum absolute atomic E-state index is 0.0332. The number of aliphatic hydroxyl groups excluding tert-OH is 2. The van der Waals surface area contributed by atoms with Crippen LogP contribution in [-0.2, 0) is 10.3 Å². The number of nitrogens with zero attached hydrogens (tertiary/aromatic N) is 2. The lowest BCUT2D eigenvalue weighted by Gasteiger charge is -2.47. The fourth-order valence-corrected chi connectivity index (χ4v) is 5.71. The molecule has 1 amide bonds. The molecule has 37 heavy (non-hydrogen) atoms. The summed E-state index contributed by atoms with van der Waals surface area (Å²) in [5, 5.41) is 44.0. The monoisotopic (exact) mass is 504 g/mol. The summed E-state index contributed by atoms with van der Waals surface area (Å²) < 4.78 is 6.02. The van der Waals surface area contributed by atoms with Crippen molar-refractivity contribution in [2.45, 2.75) is 62.8 Å². The molecule has 1 aliphatic carbocycles. The maximum Gasteiger partial charge on any atom is 0.291 e. The molecule has 2 bridgehead atoms. The standard InChI is InChI=1S/C28H32N4O5/c1-25(2)7-5-18(6-8-25)21-11-19(3-4-22(21)32-24(35)23-30-13-20(12-29)31-23)28(36)14-26(16-33)9-10-27(15-28,17-34)37-26/h3-5,9-11,13,33-34,36H,6-8,14-17H2,1-2H3,(H,30,31)(H,32,35)/t26-,27-/m0/s1. The zero-order valence-electron chi connectivity index (χ0n) is 21.0. The molecule has 0 spiro atoms. The van der Waals surface area contributed by atoms with Crippen molar-refractivity contribution in [3.8, 4) is 6.07 Å². The average Bonchev–Trinajstić information content (AvgIpc) is 3.48. The van der Waals surface area contributed by atoms with Crippen molar-refractivity contribution >= 4 is 17.2 Å². The van der Waals surface area contributed by atoms with E-state index in [1.165, 1.54) is 6.20 Å². The van der Waals surface area contributed by atoms with E-state index in [-0.39, 0.29) is 43.0 Å². The minimum Gasteiger partial charge on any atom is -0.393 e. The fraction of sp³-hybridized carbons (Fsp3) is 0.464. The van der Waals surface area contributed by atoms with E-state index < -0.39 is 22.7 Å². The lowest BCUT2D eigenvalue weighted by molar-refractivity contribution is -0.220. The van der Waals surface area contributed by atoms with Gasteiger partial charge in [0.2, 0.25) is 0 Å². The van der Waals surface area contributed by atoms with E-state index in [4.69, 9.17) is 10.00 Å². The molecule has 5 N–H and O–H groups in total. The smallest absolute Gasteiger partial charge is 0.291 e. The number of carbonyl (C=O) groups is 1. The number of H-pyrrole nitrogens is 1. The van der Waals surface area contributed by atoms with Crippen molar-refractivity contribution < 1.29 is 24.9 Å². The molecule has 9 nitrogen and oxygen atoms in total. The highest BCUT2D eigenvalue weighted by atomic mass is 16.6. The van der Waals surface area contributed by atoms with E-state index >= 15 is 0 Å². The van der Waals surface area contributed by atoms with E-state index in [1.54, 1.807) is 24.3 Å². The number of allylic oxidation sites excluding steroid dienone is 2. The Bertz CT molecular complexity index is 1310. The number of hydrogen-bond acceptors (Lipinski definition) is 7. The highest BCUT2D eigenvalue weighted by Gasteiger charge is 2.57. The van der Waals surface area contributed by atoms with Gasteiger partial charge in [-0.2, -0.15) is 5.26 Å². The van der Waals surface area contributed by atoms with Gasteiger partial charge in [0.05, 0.1) is 25.0 Å². The zero-order chi connectivity index (χ0) is 26.5. The number of imidazole rings is 1. The summed E-state index contributed by atoms with van der Waals surface area (Å²) in [7, 11) is 0. The number of amides is 1. The Morgan fingerprint density at radius 3 is 2.49 bits per heavy atom. The van der Waals surface area contributed by atoms with Crippen molar-refractivity contribution in [1.82, 2.24) is 9.97 Å². The van der Waals surface area contributed by atoms with Crippen LogP contribution in [0.2, 0.25) is 0 Å². The largest absolute Gasteiger partial charge is 0.393 e. The molecule has 194 valence electrons. The summed E-state index contributed by atoms with van der Waals surface area (Å²) in [5.41, 5.74) is -0.0940. The molecule has 1 saturated heterocycles. The van der Waals surface area contributed by atoms with Crippen LogP contribution < -0.4 is 5.32 Å². The van der Waals surface area contributed by atoms with Crippen LogP contribution in [0.25, 0.3) is 5.57 Å². The molecule has 3 heterocycles. The predicted octanol–water partition coefficient (Wildman–Crippen LogP) is 3.16. The summed E-state index contributed by atoms with van der Waals surface area (Å²) in [6.07, 6.45) is 9.90. The van der Waals surface area contributed by atoms with Crippen LogP contribution in [-0.4, -0.2) is 55.6 Å². The number of anilines is 1. The van der Waals surface area contributed by atoms with Gasteiger partial charge in [0.15, 0.2) is 5.82 Å². The first-order valence-corrected chi connectivity index (χ1v) is 12.5. The third kappa shape index (κ3) is 4.62. The Morgan fingerprint density at radius 2 is 1.92 bits per heavy atom. The lowest BCUT2D eigenvalue weighted by atomic mass is 9.73. The second-order valence-corrected chi connectivity index (χ2v) is 11.3. The van der Waals surface area contributed by atoms with Crippen LogP contribution in [0.5, 0.6) is 0 Å². The van der Waals surface area contributed by atoms with Gasteiger partial charge in [-0.15, -0.1) is 0 Å². The molecular weight excluding hydrogens is 472 g/mol. The van der Waals surface area contributed by atoms with Gasteiger partial charge in [-0.3, -0.25) is 4.79 Å². The zero-order valence-corrected chi connectivity index (χ0v) is 21.0. The molecule has 0 radical (unpaired) electrons. The van der Waals surface area contributed by atoms with E-state index in [0.717, 1.165) is 30.4 Å². The number of carbonyl (C=O) groups excluding carboxylic acids is 1. The molecule has 2 aromatic rings. The van der Waals surface area contributed by atoms with Gasteiger partial charge < -0.3 is 30.4 Å². The van der Waals surface area contributed by atoms with Crippen molar-refractivity contribution in [3.05, 3.63) is 65.3 Å². The van der Waals surface area contributed by atoms with Crippen molar-refractivity contribution in [2.24, 2.45) is 5.41 Å². The number of aromatic amines is 1. The quantitative estimate of drug-likeness (QED) is 0.379. The number of benzene rings is 1. The SMILES string of the molecule is CC1(C)CC=C(c2cc(C3(O)C[C@]4(CO)C=C[C@@](CO)(C3)O4)ccc2NC(=O)c2ncc(C#N)[nH]2)CC1. The Labute approximate surface area is 215 Å². The van der Waals surface area contributed by atoms with Crippen molar-refractivity contribution in [3.63, 3.8) is 0 Å². The topological polar surface area (TPSA) is 151 Å². The molecule has 0 unspecified atom stereocenters. The van der Waals surface area contributed by atoms with Gasteiger partial charge in [-0.25, -0.2) is 4.98 Å². The Morgan fingerprint density at radius 1 is 1.22 bits per heavy atom. The Kier molecular flexibility index (Phi) is 6.12. The number of hydrogen-bond donors (Lipinski definition) is 5. The third-order valence-electron chi connectivity index (χ3n) is 7.85. The van der Waals surface area contributed by atoms with Gasteiger partial charge in [0.25, 0.3) is 5.91 Å². The Hall–Kier alpha value is -3.29. The van der Waals surface area contributed by atoms with Crippen LogP contribution >= 0.6 is 0 Å². The molecule has 1 aromatic carbocycles. The third-order valence-corrected chi connectivity index (χ3v) is 7.85. The van der Waals surface area contributed by atoms with Gasteiger partial charge in [-0.05, 0) is 47.9 Å². The maximum atomic E-state index is 12.9. The van der Waals surface area contributed by atoms with Crippen LogP contribution in [0, 0.1) is 16.7 Å². The number of nitriles is 1. The molecular formula is C28H32N4O5. The van der Waals surface area contributed by atoms with Crippen LogP contribution in [0.3, 0.4) is 0 Å². The summed E-state index contributed by atoms with van der Waals surface area (Å²) in [5.74, 6) is -0.441. The normalized spacial score (nSPS) is 30.0. The summed E-state index contributed by atoms with van der Waals surface area (Å²) in [4.78, 5) is 19.6. The number of fused-ring (bicyclic) bond motifs is 2. The van der Waals surface area contributed by atoms with Crippen LogP contribution in [0.1, 0.15) is 73.4 Å². The number of rotatable bonds is 6. The predicted molar refractivity (Wildman–Crippen MR) is 136 cm³/mol. The highest BCUT2D eigenvalue weighted by Crippen LogP contribution is 2.52. The lowest BCUT2D eigenvalue weighted by Crippen LogP contribution is -2.55. The first kappa shape index (κ1) is 25.4. The second-order valence-electron chi connectivity index (χ2n) is 11.3. The summed E-state index contributed by atoms with van der Waals surface area (Å²) >= 11 is 0. The maximum absolute atomic E-state index is 12.9. The average molecular weight is 505 g/mol. The first-order chi connectivity index (χ1) is 17.5. The van der Waals surface area contributed by atoms with Gasteiger partial charge >= 0.3 is 0 Å². The highest BCUT2D eigenvalue weighted by molar-refractivity contribution is 6.03. The molecule has 3 aliphatic rings. The van der Waals surface area contributed by atoms with Crippen molar-refractivity contribution in [1.29, 1.82) is 5.26 Å². The second kappa shape index (κ2) is 8.92. The van der Waals surface area contributed by atoms with Gasteiger partial charge in [-0.1, -0.05) is 38.1 Å². The Balaban J connectivity index is 1.53. The van der Waals surface area contributed by atoms with Crippen molar-refractivity contribution in [2.75, 3.05) is 18.5 Å².